The molecule has 3 aromatic rings. The lowest BCUT2D eigenvalue weighted by atomic mass is 10.2. The molecule has 2 aromatic heterocycles. The van der Waals surface area contributed by atoms with Crippen LogP contribution in [0, 0.1) is 6.92 Å². The van der Waals surface area contributed by atoms with Crippen molar-refractivity contribution in [1.82, 2.24) is 9.97 Å². The van der Waals surface area contributed by atoms with Crippen LogP contribution in [0.2, 0.25) is 5.02 Å². The molecular formula is C17H16ClN3S. The van der Waals surface area contributed by atoms with Gasteiger partial charge in [0, 0.05) is 16.4 Å². The van der Waals surface area contributed by atoms with Crippen LogP contribution in [0.25, 0.3) is 10.2 Å². The zero-order chi connectivity index (χ0) is 15.1. The second-order valence-electron chi connectivity index (χ2n) is 5.64. The van der Waals surface area contributed by atoms with E-state index in [-0.39, 0.29) is 0 Å². The van der Waals surface area contributed by atoms with Gasteiger partial charge in [0.05, 0.1) is 5.39 Å². The van der Waals surface area contributed by atoms with Gasteiger partial charge in [-0.15, -0.1) is 11.3 Å². The third-order valence-corrected chi connectivity index (χ3v) is 5.49. The number of hydrogen-bond acceptors (Lipinski definition) is 4. The van der Waals surface area contributed by atoms with Gasteiger partial charge in [-0.3, -0.25) is 0 Å². The maximum atomic E-state index is 5.94. The Kier molecular flexibility index (Phi) is 3.51. The maximum Gasteiger partial charge on any atom is 0.139 e. The first-order valence-corrected chi connectivity index (χ1v) is 8.67. The minimum absolute atomic E-state index is 0.743. The van der Waals surface area contributed by atoms with E-state index in [1.165, 1.54) is 34.2 Å². The lowest BCUT2D eigenvalue weighted by Crippen LogP contribution is -2.04. The first-order valence-electron chi connectivity index (χ1n) is 7.48. The van der Waals surface area contributed by atoms with E-state index in [2.05, 4.69) is 15.3 Å². The Hall–Kier alpha value is -1.65. The molecule has 112 valence electrons. The van der Waals surface area contributed by atoms with Gasteiger partial charge >= 0.3 is 0 Å². The summed E-state index contributed by atoms with van der Waals surface area (Å²) in [4.78, 5) is 11.9. The maximum absolute atomic E-state index is 5.94. The SMILES string of the molecule is Cc1nc(NCc2ccc(Cl)cc2)c2c3c(sc2n1)CCC3. The number of hydrogen-bond donors (Lipinski definition) is 1. The minimum atomic E-state index is 0.743. The van der Waals surface area contributed by atoms with Crippen molar-refractivity contribution in [2.75, 3.05) is 5.32 Å². The molecule has 2 heterocycles. The number of halogens is 1. The van der Waals surface area contributed by atoms with Crippen molar-refractivity contribution in [2.24, 2.45) is 0 Å². The summed E-state index contributed by atoms with van der Waals surface area (Å²) < 4.78 is 0. The lowest BCUT2D eigenvalue weighted by Gasteiger charge is -2.09. The largest absolute Gasteiger partial charge is 0.365 e. The van der Waals surface area contributed by atoms with Gasteiger partial charge in [0.2, 0.25) is 0 Å². The van der Waals surface area contributed by atoms with E-state index in [1.807, 2.05) is 42.5 Å². The number of aromatic nitrogens is 2. The number of rotatable bonds is 3. The zero-order valence-corrected chi connectivity index (χ0v) is 13.9. The highest BCUT2D eigenvalue weighted by atomic mass is 35.5. The van der Waals surface area contributed by atoms with Gasteiger partial charge in [-0.25, -0.2) is 9.97 Å². The Morgan fingerprint density at radius 3 is 2.82 bits per heavy atom. The predicted octanol–water partition coefficient (Wildman–Crippen LogP) is 4.75. The van der Waals surface area contributed by atoms with Crippen molar-refractivity contribution < 1.29 is 0 Å². The molecule has 4 rings (SSSR count). The third-order valence-electron chi connectivity index (χ3n) is 4.05. The fraction of sp³-hybridized carbons (Fsp3) is 0.294. The second kappa shape index (κ2) is 5.52. The molecule has 3 nitrogen and oxygen atoms in total. The van der Waals surface area contributed by atoms with Crippen molar-refractivity contribution in [3.05, 3.63) is 51.1 Å². The molecule has 0 atom stereocenters. The van der Waals surface area contributed by atoms with E-state index in [0.29, 0.717) is 0 Å². The quantitative estimate of drug-likeness (QED) is 0.753. The molecule has 0 saturated carbocycles. The van der Waals surface area contributed by atoms with Crippen LogP contribution in [0.15, 0.2) is 24.3 Å². The van der Waals surface area contributed by atoms with Crippen LogP contribution in [0.3, 0.4) is 0 Å². The number of benzene rings is 1. The number of nitrogens with one attached hydrogen (secondary N) is 1. The number of thiophene rings is 1. The van der Waals surface area contributed by atoms with Crippen LogP contribution < -0.4 is 5.32 Å². The third kappa shape index (κ3) is 2.46. The van der Waals surface area contributed by atoms with E-state index in [0.717, 1.165) is 34.5 Å². The summed E-state index contributed by atoms with van der Waals surface area (Å²) in [5, 5.41) is 5.49. The highest BCUT2D eigenvalue weighted by Gasteiger charge is 2.21. The number of fused-ring (bicyclic) bond motifs is 3. The molecule has 0 radical (unpaired) electrons. The van der Waals surface area contributed by atoms with Gasteiger partial charge in [-0.05, 0) is 49.4 Å². The van der Waals surface area contributed by atoms with E-state index in [1.54, 1.807) is 0 Å². The second-order valence-corrected chi connectivity index (χ2v) is 7.16. The first-order chi connectivity index (χ1) is 10.7. The molecule has 0 amide bonds. The molecule has 0 saturated heterocycles. The van der Waals surface area contributed by atoms with Crippen LogP contribution in [-0.4, -0.2) is 9.97 Å². The molecule has 0 spiro atoms. The number of anilines is 1. The van der Waals surface area contributed by atoms with E-state index >= 15 is 0 Å². The van der Waals surface area contributed by atoms with Gasteiger partial charge in [0.15, 0.2) is 0 Å². The highest BCUT2D eigenvalue weighted by molar-refractivity contribution is 7.19. The van der Waals surface area contributed by atoms with Gasteiger partial charge in [0.1, 0.15) is 16.5 Å². The Labute approximate surface area is 138 Å². The Bertz CT molecular complexity index is 839. The molecule has 1 aliphatic rings. The average molecular weight is 330 g/mol. The summed E-state index contributed by atoms with van der Waals surface area (Å²) in [6.07, 6.45) is 3.59. The van der Waals surface area contributed by atoms with Crippen LogP contribution in [-0.2, 0) is 19.4 Å². The summed E-state index contributed by atoms with van der Waals surface area (Å²) in [6, 6.07) is 7.92. The number of aryl methyl sites for hydroxylation is 3. The Balaban J connectivity index is 1.70. The van der Waals surface area contributed by atoms with Crippen LogP contribution >= 0.6 is 22.9 Å². The fourth-order valence-electron chi connectivity index (χ4n) is 3.02. The summed E-state index contributed by atoms with van der Waals surface area (Å²) in [6.45, 7) is 2.70. The molecule has 22 heavy (non-hydrogen) atoms. The molecular weight excluding hydrogens is 314 g/mol. The van der Waals surface area contributed by atoms with Crippen LogP contribution in [0.4, 0.5) is 5.82 Å². The van der Waals surface area contributed by atoms with E-state index < -0.39 is 0 Å². The van der Waals surface area contributed by atoms with Crippen LogP contribution in [0.5, 0.6) is 0 Å². The van der Waals surface area contributed by atoms with Crippen molar-refractivity contribution >= 4 is 39.0 Å². The Morgan fingerprint density at radius 2 is 2.00 bits per heavy atom. The normalized spacial score (nSPS) is 13.5. The zero-order valence-electron chi connectivity index (χ0n) is 12.3. The molecule has 1 aliphatic carbocycles. The summed E-state index contributed by atoms with van der Waals surface area (Å²) in [5.41, 5.74) is 2.65. The number of nitrogens with zero attached hydrogens (tertiary/aromatic N) is 2. The molecule has 0 fully saturated rings. The van der Waals surface area contributed by atoms with Crippen molar-refractivity contribution in [2.45, 2.75) is 32.7 Å². The smallest absolute Gasteiger partial charge is 0.139 e. The van der Waals surface area contributed by atoms with Crippen molar-refractivity contribution in [3.8, 4) is 0 Å². The monoisotopic (exact) mass is 329 g/mol. The van der Waals surface area contributed by atoms with Crippen LogP contribution in [0.1, 0.15) is 28.2 Å². The lowest BCUT2D eigenvalue weighted by molar-refractivity contribution is 0.916. The first kappa shape index (κ1) is 14.0. The molecule has 1 N–H and O–H groups in total. The Morgan fingerprint density at radius 1 is 1.18 bits per heavy atom. The summed E-state index contributed by atoms with van der Waals surface area (Å²) in [5.74, 6) is 1.79. The molecule has 5 heteroatoms. The fourth-order valence-corrected chi connectivity index (χ4v) is 4.45. The van der Waals surface area contributed by atoms with E-state index in [4.69, 9.17) is 11.6 Å². The van der Waals surface area contributed by atoms with E-state index in [9.17, 15) is 0 Å². The molecule has 0 unspecified atom stereocenters. The highest BCUT2D eigenvalue weighted by Crippen LogP contribution is 2.39. The average Bonchev–Trinajstić information content (AvgIpc) is 3.06. The van der Waals surface area contributed by atoms with Gasteiger partial charge in [-0.1, -0.05) is 23.7 Å². The minimum Gasteiger partial charge on any atom is -0.365 e. The van der Waals surface area contributed by atoms with Crippen molar-refractivity contribution in [1.29, 1.82) is 0 Å². The summed E-state index contributed by atoms with van der Waals surface area (Å²) in [7, 11) is 0. The van der Waals surface area contributed by atoms with Gasteiger partial charge < -0.3 is 5.32 Å². The topological polar surface area (TPSA) is 37.8 Å². The molecule has 1 aromatic carbocycles. The molecule has 0 bridgehead atoms. The van der Waals surface area contributed by atoms with Gasteiger partial charge in [-0.2, -0.15) is 0 Å². The standard InChI is InChI=1S/C17H16ClN3S/c1-10-20-16(19-9-11-5-7-12(18)8-6-11)15-13-3-2-4-14(13)22-17(15)21-10/h5-8H,2-4,9H2,1H3,(H,19,20,21). The van der Waals surface area contributed by atoms with Gasteiger partial charge in [0.25, 0.3) is 0 Å². The van der Waals surface area contributed by atoms with Crippen molar-refractivity contribution in [3.63, 3.8) is 0 Å². The molecule has 0 aliphatic heterocycles. The summed E-state index contributed by atoms with van der Waals surface area (Å²) >= 11 is 7.77. The predicted molar refractivity (Wildman–Crippen MR) is 93.0 cm³/mol.